The van der Waals surface area contributed by atoms with E-state index in [-0.39, 0.29) is 24.3 Å². The van der Waals surface area contributed by atoms with Gasteiger partial charge in [0.05, 0.1) is 17.5 Å². The highest BCUT2D eigenvalue weighted by Gasteiger charge is 2.76. The monoisotopic (exact) mass is 599 g/mol. The number of nitrogens with zero attached hydrogens (tertiary/aromatic N) is 2. The number of nitrogens with two attached hydrogens (primary N) is 1. The van der Waals surface area contributed by atoms with Gasteiger partial charge < -0.3 is 10.8 Å². The van der Waals surface area contributed by atoms with Crippen LogP contribution in [0.4, 0.5) is 14.9 Å². The van der Waals surface area contributed by atoms with Crippen molar-refractivity contribution in [1.29, 1.82) is 0 Å². The van der Waals surface area contributed by atoms with E-state index in [9.17, 15) is 33.5 Å². The summed E-state index contributed by atoms with van der Waals surface area (Å²) in [4.78, 5) is 63.9. The highest BCUT2D eigenvalue weighted by molar-refractivity contribution is 6.58. The second-order valence-electron chi connectivity index (χ2n) is 11.1. The van der Waals surface area contributed by atoms with Crippen molar-refractivity contribution in [3.05, 3.63) is 70.6 Å². The zero-order chi connectivity index (χ0) is 29.8. The normalized spacial score (nSPS) is 32.6. The summed E-state index contributed by atoms with van der Waals surface area (Å²) in [7, 11) is 0. The molecule has 12 heteroatoms. The highest BCUT2D eigenvalue weighted by Crippen LogP contribution is 2.66. The molecule has 6 amide bonds. The Morgan fingerprint density at radius 3 is 2.20 bits per heavy atom. The number of fused-ring (bicyclic) bond motifs is 4. The molecule has 212 valence electrons. The molecule has 0 unspecified atom stereocenters. The fraction of sp³-hybridized carbons (Fsp3) is 0.345. The van der Waals surface area contributed by atoms with Crippen molar-refractivity contribution in [2.45, 2.75) is 42.4 Å². The highest BCUT2D eigenvalue weighted by atomic mass is 35.5. The minimum Gasteiger partial charge on any atom is -0.507 e. The molecule has 2 saturated heterocycles. The van der Waals surface area contributed by atoms with Crippen LogP contribution in [0, 0.1) is 37.4 Å². The Balaban J connectivity index is 1.59. The van der Waals surface area contributed by atoms with E-state index in [1.165, 1.54) is 12.1 Å². The van der Waals surface area contributed by atoms with Gasteiger partial charge in [0, 0.05) is 5.92 Å². The number of aromatic hydroxyl groups is 1. The summed E-state index contributed by atoms with van der Waals surface area (Å²) in [6.45, 7) is 3.34. The number of phenolic OH excluding ortho intramolecular Hbond substituents is 1. The molecule has 2 aromatic rings. The van der Waals surface area contributed by atoms with E-state index in [0.29, 0.717) is 27.2 Å². The van der Waals surface area contributed by atoms with Gasteiger partial charge in [-0.15, -0.1) is 23.2 Å². The summed E-state index contributed by atoms with van der Waals surface area (Å²) < 4.78 is 13.7. The average molecular weight is 600 g/mol. The predicted octanol–water partition coefficient (Wildman–Crippen LogP) is 3.79. The van der Waals surface area contributed by atoms with Crippen LogP contribution in [0.25, 0.3) is 0 Å². The molecule has 2 heterocycles. The molecule has 0 aromatic heterocycles. The molecule has 4 aliphatic rings. The molecule has 1 saturated carbocycles. The van der Waals surface area contributed by atoms with Gasteiger partial charge in [0.25, 0.3) is 11.8 Å². The fourth-order valence-electron chi connectivity index (χ4n) is 7.15. The summed E-state index contributed by atoms with van der Waals surface area (Å²) in [5.41, 5.74) is 7.38. The van der Waals surface area contributed by atoms with Crippen LogP contribution in [0.3, 0.4) is 0 Å². The van der Waals surface area contributed by atoms with E-state index in [2.05, 4.69) is 0 Å². The number of carbonyl (C=O) groups is 5. The smallest absolute Gasteiger partial charge is 0.328 e. The van der Waals surface area contributed by atoms with Crippen LogP contribution in [-0.2, 0) is 19.2 Å². The zero-order valence-corrected chi connectivity index (χ0v) is 23.4. The van der Waals surface area contributed by atoms with Crippen molar-refractivity contribution in [3.8, 4) is 5.75 Å². The van der Waals surface area contributed by atoms with Gasteiger partial charge in [-0.25, -0.2) is 14.1 Å². The van der Waals surface area contributed by atoms with Gasteiger partial charge in [0.1, 0.15) is 11.6 Å². The van der Waals surface area contributed by atoms with Crippen molar-refractivity contribution in [2.75, 3.05) is 4.90 Å². The molecule has 6 rings (SSSR count). The Bertz CT molecular complexity index is 1600. The van der Waals surface area contributed by atoms with Gasteiger partial charge in [-0.05, 0) is 73.6 Å². The third-order valence-electron chi connectivity index (χ3n) is 8.96. The molecule has 0 spiro atoms. The molecule has 3 fully saturated rings. The Morgan fingerprint density at radius 1 is 1.00 bits per heavy atom. The molecule has 41 heavy (non-hydrogen) atoms. The first-order valence-corrected chi connectivity index (χ1v) is 13.7. The first-order chi connectivity index (χ1) is 19.2. The van der Waals surface area contributed by atoms with Crippen LogP contribution in [0.1, 0.15) is 35.4 Å². The topological polar surface area (TPSA) is 138 Å². The number of phenols is 1. The van der Waals surface area contributed by atoms with Crippen molar-refractivity contribution >= 4 is 58.5 Å². The maximum atomic E-state index is 14.3. The average Bonchev–Trinajstić information content (AvgIpc) is 3.26. The summed E-state index contributed by atoms with van der Waals surface area (Å²) in [5.74, 6) is -7.62. The number of benzene rings is 2. The second-order valence-corrected chi connectivity index (χ2v) is 12.3. The molecule has 0 bridgehead atoms. The van der Waals surface area contributed by atoms with Crippen LogP contribution in [0.15, 0.2) is 48.0 Å². The molecule has 2 aliphatic heterocycles. The van der Waals surface area contributed by atoms with Crippen molar-refractivity contribution in [2.24, 2.45) is 23.5 Å². The lowest BCUT2D eigenvalue weighted by molar-refractivity contribution is -0.136. The Labute approximate surface area is 243 Å². The number of primary amides is 1. The van der Waals surface area contributed by atoms with E-state index in [1.54, 1.807) is 32.1 Å². The first-order valence-electron chi connectivity index (χ1n) is 12.9. The van der Waals surface area contributed by atoms with Gasteiger partial charge >= 0.3 is 6.03 Å². The number of hydrogen-bond acceptors (Lipinski definition) is 6. The minimum atomic E-state index is -2.10. The number of imide groups is 4. The SMILES string of the molecule is Cc1cc([C@H]2C3=CC[C@@H]4C(=O)N(C(N)=O)C(=O)[C@@H]4[C@@H]3C[C@@]3(Cl)C(=O)N(c4ccc(F)cc4)C(=O)[C@@]23Cl)cc(C)c1O. The second kappa shape index (κ2) is 8.87. The molecular formula is C29H24Cl2FN3O6. The van der Waals surface area contributed by atoms with Crippen LogP contribution < -0.4 is 10.6 Å². The Kier molecular flexibility index (Phi) is 5.93. The third-order valence-corrected chi connectivity index (χ3v) is 10.4. The number of carbonyl (C=O) groups excluding carboxylic acids is 5. The van der Waals surface area contributed by atoms with Crippen molar-refractivity contribution < 1.29 is 33.5 Å². The van der Waals surface area contributed by atoms with E-state index in [1.807, 2.05) is 0 Å². The molecule has 9 nitrogen and oxygen atoms in total. The summed E-state index contributed by atoms with van der Waals surface area (Å²) >= 11 is 14.5. The quantitative estimate of drug-likeness (QED) is 0.306. The van der Waals surface area contributed by atoms with Gasteiger partial charge in [-0.1, -0.05) is 23.8 Å². The number of aryl methyl sites for hydroxylation is 2. The van der Waals surface area contributed by atoms with Crippen molar-refractivity contribution in [3.63, 3.8) is 0 Å². The number of alkyl halides is 2. The van der Waals surface area contributed by atoms with Gasteiger partial charge in [0.2, 0.25) is 11.8 Å². The molecule has 2 aliphatic carbocycles. The lowest BCUT2D eigenvalue weighted by Crippen LogP contribution is -2.60. The molecule has 0 radical (unpaired) electrons. The van der Waals surface area contributed by atoms with Crippen molar-refractivity contribution in [1.82, 2.24) is 4.90 Å². The largest absolute Gasteiger partial charge is 0.507 e. The molecule has 6 atom stereocenters. The van der Waals surface area contributed by atoms with Crippen LogP contribution >= 0.6 is 23.2 Å². The van der Waals surface area contributed by atoms with E-state index < -0.39 is 68.9 Å². The number of rotatable bonds is 2. The lowest BCUT2D eigenvalue weighted by atomic mass is 9.56. The van der Waals surface area contributed by atoms with Gasteiger partial charge in [-0.2, -0.15) is 4.90 Å². The minimum absolute atomic E-state index is 0.0370. The summed E-state index contributed by atoms with van der Waals surface area (Å²) in [6.07, 6.45) is 1.51. The van der Waals surface area contributed by atoms with Crippen LogP contribution in [0.2, 0.25) is 0 Å². The zero-order valence-electron chi connectivity index (χ0n) is 21.9. The third kappa shape index (κ3) is 3.43. The number of anilines is 1. The maximum absolute atomic E-state index is 14.3. The lowest BCUT2D eigenvalue weighted by Gasteiger charge is -2.50. The number of likely N-dealkylation sites (tertiary alicyclic amines) is 1. The molecule has 3 N–H and O–H groups in total. The molecule has 2 aromatic carbocycles. The predicted molar refractivity (Wildman–Crippen MR) is 146 cm³/mol. The Morgan fingerprint density at radius 2 is 1.61 bits per heavy atom. The Hall–Kier alpha value is -3.76. The fourth-order valence-corrected chi connectivity index (χ4v) is 8.08. The van der Waals surface area contributed by atoms with E-state index in [0.717, 1.165) is 17.0 Å². The maximum Gasteiger partial charge on any atom is 0.328 e. The van der Waals surface area contributed by atoms with E-state index >= 15 is 0 Å². The van der Waals surface area contributed by atoms with Crippen LogP contribution in [-0.4, -0.2) is 49.4 Å². The molecular weight excluding hydrogens is 576 g/mol. The van der Waals surface area contributed by atoms with Gasteiger partial charge in [-0.3, -0.25) is 19.2 Å². The van der Waals surface area contributed by atoms with E-state index in [4.69, 9.17) is 28.9 Å². The number of halogens is 3. The number of amides is 6. The number of urea groups is 1. The van der Waals surface area contributed by atoms with Crippen LogP contribution in [0.5, 0.6) is 5.75 Å². The first kappa shape index (κ1) is 27.4. The number of allylic oxidation sites excluding steroid dienone is 2. The standard InChI is InChI=1S/C29H24Cl2FN3O6/c1-12-9-14(10-13(2)22(12)36)21-17-7-8-18-20(24(38)35(23(18)37)27(33)41)19(17)11-28(30)25(39)34(26(40)29(21,28)31)16-5-3-15(32)4-6-16/h3-7,9-10,18-21,36H,8,11H2,1-2H3,(H2,33,41)/t18-,19+,20-,21-,28+,29-/m0/s1. The van der Waals surface area contributed by atoms with Gasteiger partial charge in [0.15, 0.2) is 9.75 Å². The summed E-state index contributed by atoms with van der Waals surface area (Å²) in [6, 6.07) is 6.79. The number of hydrogen-bond donors (Lipinski definition) is 2. The summed E-state index contributed by atoms with van der Waals surface area (Å²) in [5, 5.41) is 10.5.